The summed E-state index contributed by atoms with van der Waals surface area (Å²) in [7, 11) is 0. The number of rotatable bonds is 3. The van der Waals surface area contributed by atoms with Gasteiger partial charge in [-0.25, -0.2) is 4.79 Å². The molecule has 1 aliphatic rings. The largest absolute Gasteiger partial charge is 0.478 e. The quantitative estimate of drug-likeness (QED) is 0.852. The minimum absolute atomic E-state index is 0.134. The third-order valence-electron chi connectivity index (χ3n) is 3.57. The lowest BCUT2D eigenvalue weighted by Gasteiger charge is -2.20. The molecule has 0 saturated heterocycles. The lowest BCUT2D eigenvalue weighted by atomic mass is 9.87. The molecule has 1 aromatic rings. The molecule has 0 amide bonds. The van der Waals surface area contributed by atoms with Gasteiger partial charge in [0.05, 0.1) is 5.57 Å². The lowest BCUT2D eigenvalue weighted by Crippen LogP contribution is -2.10. The third-order valence-corrected chi connectivity index (χ3v) is 4.68. The maximum Gasteiger partial charge on any atom is 0.336 e. The van der Waals surface area contributed by atoms with Crippen LogP contribution in [0, 0.1) is 5.92 Å². The van der Waals surface area contributed by atoms with Crippen molar-refractivity contribution in [2.75, 3.05) is 0 Å². The van der Waals surface area contributed by atoms with E-state index < -0.39 is 5.97 Å². The predicted octanol–water partition coefficient (Wildman–Crippen LogP) is 5.01. The topological polar surface area (TPSA) is 37.3 Å². The van der Waals surface area contributed by atoms with E-state index in [1.165, 1.54) is 17.3 Å². The summed E-state index contributed by atoms with van der Waals surface area (Å²) in [5.41, 5.74) is 1.85. The van der Waals surface area contributed by atoms with Gasteiger partial charge in [0, 0.05) is 9.80 Å². The van der Waals surface area contributed by atoms with Crippen molar-refractivity contribution in [2.45, 2.75) is 44.4 Å². The Labute approximate surface area is 131 Å². The number of hydrogen-bond donors (Lipinski definition) is 1. The van der Waals surface area contributed by atoms with Crippen molar-refractivity contribution in [2.24, 2.45) is 5.92 Å². The van der Waals surface area contributed by atoms with Crippen LogP contribution in [0.25, 0.3) is 0 Å². The summed E-state index contributed by atoms with van der Waals surface area (Å²) >= 11 is 1.53. The zero-order valence-corrected chi connectivity index (χ0v) is 13.8. The highest BCUT2D eigenvalue weighted by molar-refractivity contribution is 8.03. The number of carbonyl (C=O) groups is 1. The van der Waals surface area contributed by atoms with Crippen LogP contribution < -0.4 is 0 Å². The number of thioether (sulfide) groups is 1. The van der Waals surface area contributed by atoms with Crippen LogP contribution in [0.4, 0.5) is 0 Å². The van der Waals surface area contributed by atoms with Crippen molar-refractivity contribution in [3.05, 3.63) is 52.5 Å². The third kappa shape index (κ3) is 4.01. The number of hydrogen-bond acceptors (Lipinski definition) is 2. The monoisotopic (exact) mass is 302 g/mol. The Morgan fingerprint density at radius 1 is 1.24 bits per heavy atom. The maximum absolute atomic E-state index is 11.4. The summed E-state index contributed by atoms with van der Waals surface area (Å²) in [5, 5.41) is 9.33. The van der Waals surface area contributed by atoms with Crippen LogP contribution in [-0.2, 0) is 10.2 Å². The van der Waals surface area contributed by atoms with Gasteiger partial charge in [-0.1, -0.05) is 63.7 Å². The number of allylic oxidation sites excluding steroid dienone is 2. The van der Waals surface area contributed by atoms with E-state index in [0.717, 1.165) is 16.2 Å². The van der Waals surface area contributed by atoms with E-state index in [4.69, 9.17) is 0 Å². The smallest absolute Gasteiger partial charge is 0.336 e. The van der Waals surface area contributed by atoms with Gasteiger partial charge >= 0.3 is 5.97 Å². The molecule has 0 unspecified atom stereocenters. The minimum Gasteiger partial charge on any atom is -0.478 e. The van der Waals surface area contributed by atoms with Crippen LogP contribution in [0.3, 0.4) is 0 Å². The zero-order chi connectivity index (χ0) is 15.6. The number of aliphatic carboxylic acids is 1. The van der Waals surface area contributed by atoms with Crippen LogP contribution in [-0.4, -0.2) is 11.1 Å². The molecule has 0 aliphatic heterocycles. The van der Waals surface area contributed by atoms with Crippen LogP contribution in [0.1, 0.15) is 39.7 Å². The predicted molar refractivity (Wildman–Crippen MR) is 88.6 cm³/mol. The molecule has 3 heteroatoms. The van der Waals surface area contributed by atoms with E-state index in [2.05, 4.69) is 45.0 Å². The molecule has 112 valence electrons. The molecule has 21 heavy (non-hydrogen) atoms. The maximum atomic E-state index is 11.4. The Bertz CT molecular complexity index is 589. The Kier molecular flexibility index (Phi) is 4.62. The van der Waals surface area contributed by atoms with Gasteiger partial charge in [0.25, 0.3) is 0 Å². The first-order valence-electron chi connectivity index (χ1n) is 7.21. The van der Waals surface area contributed by atoms with Gasteiger partial charge in [0.1, 0.15) is 0 Å². The Hall–Kier alpha value is -1.48. The Morgan fingerprint density at radius 3 is 2.38 bits per heavy atom. The van der Waals surface area contributed by atoms with Crippen molar-refractivity contribution < 1.29 is 9.90 Å². The molecule has 0 bridgehead atoms. The second-order valence-electron chi connectivity index (χ2n) is 6.54. The van der Waals surface area contributed by atoms with Gasteiger partial charge in [0.2, 0.25) is 0 Å². The number of carboxylic acid groups (broad SMARTS) is 1. The molecule has 2 nitrogen and oxygen atoms in total. The summed E-state index contributed by atoms with van der Waals surface area (Å²) < 4.78 is 0. The first-order valence-corrected chi connectivity index (χ1v) is 8.03. The summed E-state index contributed by atoms with van der Waals surface area (Å²) in [4.78, 5) is 13.3. The average Bonchev–Trinajstić information content (AvgIpc) is 2.40. The fraction of sp³-hybridized carbons (Fsp3) is 0.389. The molecule has 1 aromatic carbocycles. The van der Waals surface area contributed by atoms with Crippen molar-refractivity contribution in [1.82, 2.24) is 0 Å². The summed E-state index contributed by atoms with van der Waals surface area (Å²) in [6, 6.07) is 8.39. The molecule has 0 spiro atoms. The summed E-state index contributed by atoms with van der Waals surface area (Å²) in [6.07, 6.45) is 4.80. The van der Waals surface area contributed by atoms with E-state index in [0.29, 0.717) is 11.5 Å². The van der Waals surface area contributed by atoms with Gasteiger partial charge in [-0.15, -0.1) is 0 Å². The second-order valence-corrected chi connectivity index (χ2v) is 7.66. The van der Waals surface area contributed by atoms with Crippen molar-refractivity contribution >= 4 is 17.7 Å². The van der Waals surface area contributed by atoms with E-state index in [1.807, 2.05) is 19.1 Å². The zero-order valence-electron chi connectivity index (χ0n) is 13.0. The van der Waals surface area contributed by atoms with E-state index in [1.54, 1.807) is 0 Å². The second kappa shape index (κ2) is 6.10. The molecule has 0 saturated carbocycles. The fourth-order valence-electron chi connectivity index (χ4n) is 2.26. The number of benzene rings is 1. The van der Waals surface area contributed by atoms with Gasteiger partial charge in [-0.3, -0.25) is 0 Å². The van der Waals surface area contributed by atoms with Gasteiger partial charge < -0.3 is 5.11 Å². The first kappa shape index (κ1) is 15.9. The lowest BCUT2D eigenvalue weighted by molar-refractivity contribution is -0.132. The fourth-order valence-corrected chi connectivity index (χ4v) is 3.23. The standard InChI is InChI=1S/C18H22O2S/c1-12-5-10-16(15(11-12)17(19)20)21-14-8-6-13(7-9-14)18(2,3)4/h6-12H,5H2,1-4H3,(H,19,20)/t12-/m1/s1. The molecule has 0 fully saturated rings. The molecule has 2 rings (SSSR count). The van der Waals surface area contributed by atoms with Gasteiger partial charge in [-0.2, -0.15) is 0 Å². The average molecular weight is 302 g/mol. The normalized spacial score (nSPS) is 19.0. The Balaban J connectivity index is 2.18. The number of carboxylic acids is 1. The molecule has 1 atom stereocenters. The van der Waals surface area contributed by atoms with Crippen molar-refractivity contribution in [3.63, 3.8) is 0 Å². The molecule has 1 aliphatic carbocycles. The van der Waals surface area contributed by atoms with Crippen LogP contribution in [0.15, 0.2) is 51.8 Å². The molecular formula is C18H22O2S. The molecule has 0 radical (unpaired) electrons. The van der Waals surface area contributed by atoms with Gasteiger partial charge in [0.15, 0.2) is 0 Å². The van der Waals surface area contributed by atoms with Crippen molar-refractivity contribution in [3.8, 4) is 0 Å². The highest BCUT2D eigenvalue weighted by Crippen LogP contribution is 2.37. The van der Waals surface area contributed by atoms with Crippen LogP contribution in [0.5, 0.6) is 0 Å². The van der Waals surface area contributed by atoms with E-state index >= 15 is 0 Å². The SMILES string of the molecule is C[C@H]1C=C(C(=O)O)C(Sc2ccc(C(C)(C)C)cc2)=CC1. The minimum atomic E-state index is -0.841. The van der Waals surface area contributed by atoms with Crippen molar-refractivity contribution in [1.29, 1.82) is 0 Å². The molecule has 0 aromatic heterocycles. The molecule has 1 N–H and O–H groups in total. The highest BCUT2D eigenvalue weighted by Gasteiger charge is 2.20. The van der Waals surface area contributed by atoms with Crippen LogP contribution >= 0.6 is 11.8 Å². The summed E-state index contributed by atoms with van der Waals surface area (Å²) in [6.45, 7) is 8.60. The molecular weight excluding hydrogens is 280 g/mol. The van der Waals surface area contributed by atoms with E-state index in [-0.39, 0.29) is 5.41 Å². The highest BCUT2D eigenvalue weighted by atomic mass is 32.2. The van der Waals surface area contributed by atoms with Gasteiger partial charge in [-0.05, 0) is 35.4 Å². The first-order chi connectivity index (χ1) is 9.77. The Morgan fingerprint density at radius 2 is 1.86 bits per heavy atom. The van der Waals surface area contributed by atoms with E-state index in [9.17, 15) is 9.90 Å². The molecule has 0 heterocycles. The summed E-state index contributed by atoms with van der Waals surface area (Å²) in [5.74, 6) is -0.546. The van der Waals surface area contributed by atoms with Crippen LogP contribution in [0.2, 0.25) is 0 Å².